The van der Waals surface area contributed by atoms with E-state index in [0.29, 0.717) is 0 Å². The molecule has 0 saturated carbocycles. The Morgan fingerprint density at radius 1 is 1.03 bits per heavy atom. The highest BCUT2D eigenvalue weighted by Gasteiger charge is 2.55. The Balaban J connectivity index is 3.48. The SMILES string of the molecule is C=CCOC1O[C@H]([C@@H](OC(C)=O)[C@@H](O)[C@H](O)[C@H](O)CO)[C@@H](OC(C)=O)[C@H](OC(C)=O)[C@@H]1Br. The summed E-state index contributed by atoms with van der Waals surface area (Å²) in [6, 6.07) is 0. The van der Waals surface area contributed by atoms with Crippen molar-refractivity contribution in [1.82, 2.24) is 0 Å². The number of carbonyl (C=O) groups excluding carboxylic acids is 3. The summed E-state index contributed by atoms with van der Waals surface area (Å²) < 4.78 is 27.0. The summed E-state index contributed by atoms with van der Waals surface area (Å²) in [5.41, 5.74) is 0. The van der Waals surface area contributed by atoms with Gasteiger partial charge in [0.2, 0.25) is 0 Å². The van der Waals surface area contributed by atoms with Crippen molar-refractivity contribution in [1.29, 1.82) is 0 Å². The van der Waals surface area contributed by atoms with Crippen LogP contribution in [-0.4, -0.2) is 105 Å². The van der Waals surface area contributed by atoms with Gasteiger partial charge in [-0.25, -0.2) is 0 Å². The summed E-state index contributed by atoms with van der Waals surface area (Å²) in [5, 5.41) is 39.6. The van der Waals surface area contributed by atoms with E-state index in [1.807, 2.05) is 0 Å². The molecule has 1 heterocycles. The van der Waals surface area contributed by atoms with E-state index in [1.54, 1.807) is 0 Å². The molecule has 0 aromatic carbocycles. The van der Waals surface area contributed by atoms with Gasteiger partial charge >= 0.3 is 17.9 Å². The average molecular weight is 529 g/mol. The molecule has 0 amide bonds. The van der Waals surface area contributed by atoms with E-state index in [1.165, 1.54) is 6.08 Å². The molecule has 0 aromatic rings. The van der Waals surface area contributed by atoms with Gasteiger partial charge in [0.05, 0.1) is 13.2 Å². The average Bonchev–Trinajstić information content (AvgIpc) is 2.71. The van der Waals surface area contributed by atoms with Crippen molar-refractivity contribution in [3.8, 4) is 0 Å². The van der Waals surface area contributed by atoms with Gasteiger partial charge in [-0.2, -0.15) is 0 Å². The second-order valence-corrected chi connectivity index (χ2v) is 8.05. The van der Waals surface area contributed by atoms with E-state index in [2.05, 4.69) is 22.5 Å². The van der Waals surface area contributed by atoms with Crippen molar-refractivity contribution < 1.29 is 58.5 Å². The lowest BCUT2D eigenvalue weighted by Crippen LogP contribution is -2.65. The molecule has 1 unspecified atom stereocenters. The molecule has 32 heavy (non-hydrogen) atoms. The van der Waals surface area contributed by atoms with Gasteiger partial charge in [-0.15, -0.1) is 6.58 Å². The number of hydrogen-bond acceptors (Lipinski definition) is 12. The number of esters is 3. The van der Waals surface area contributed by atoms with Crippen LogP contribution in [0.5, 0.6) is 0 Å². The van der Waals surface area contributed by atoms with Crippen LogP contribution in [0.1, 0.15) is 20.8 Å². The first-order chi connectivity index (χ1) is 14.9. The van der Waals surface area contributed by atoms with E-state index in [9.17, 15) is 29.7 Å². The van der Waals surface area contributed by atoms with E-state index < -0.39 is 78.4 Å². The molecule has 0 aromatic heterocycles. The summed E-state index contributed by atoms with van der Waals surface area (Å²) in [4.78, 5) is 34.4. The maximum Gasteiger partial charge on any atom is 0.303 e. The van der Waals surface area contributed by atoms with Crippen LogP contribution < -0.4 is 0 Å². The number of aliphatic hydroxyl groups is 4. The molecule has 9 atom stereocenters. The number of hydrogen-bond donors (Lipinski definition) is 4. The van der Waals surface area contributed by atoms with Crippen LogP contribution in [0.4, 0.5) is 0 Å². The largest absolute Gasteiger partial charge is 0.457 e. The number of aliphatic hydroxyl groups excluding tert-OH is 4. The Labute approximate surface area is 193 Å². The van der Waals surface area contributed by atoms with Crippen molar-refractivity contribution in [3.05, 3.63) is 12.7 Å². The molecule has 184 valence electrons. The summed E-state index contributed by atoms with van der Waals surface area (Å²) >= 11 is 3.29. The number of halogens is 1. The van der Waals surface area contributed by atoms with Crippen LogP contribution in [0.25, 0.3) is 0 Å². The second kappa shape index (κ2) is 13.2. The van der Waals surface area contributed by atoms with Crippen molar-refractivity contribution in [3.63, 3.8) is 0 Å². The fourth-order valence-electron chi connectivity index (χ4n) is 3.09. The van der Waals surface area contributed by atoms with E-state index in [4.69, 9.17) is 28.8 Å². The first kappa shape index (κ1) is 28.4. The predicted octanol–water partition coefficient (Wildman–Crippen LogP) is -1.45. The monoisotopic (exact) mass is 528 g/mol. The Morgan fingerprint density at radius 3 is 2.06 bits per heavy atom. The molecular formula is C19H29BrO12. The smallest absolute Gasteiger partial charge is 0.303 e. The summed E-state index contributed by atoms with van der Waals surface area (Å²) in [6.07, 6.45) is -11.4. The minimum atomic E-state index is -2.01. The van der Waals surface area contributed by atoms with Gasteiger partial charge < -0.3 is 44.1 Å². The van der Waals surface area contributed by atoms with Crippen molar-refractivity contribution in [2.75, 3.05) is 13.2 Å². The van der Waals surface area contributed by atoms with Gasteiger partial charge in [0.25, 0.3) is 0 Å². The first-order valence-corrected chi connectivity index (χ1v) is 10.5. The zero-order valence-electron chi connectivity index (χ0n) is 17.8. The molecule has 0 radical (unpaired) electrons. The van der Waals surface area contributed by atoms with Crippen LogP contribution in [0.3, 0.4) is 0 Å². The second-order valence-electron chi connectivity index (χ2n) is 6.99. The highest BCUT2D eigenvalue weighted by molar-refractivity contribution is 9.09. The molecule has 1 saturated heterocycles. The molecule has 13 heteroatoms. The number of carbonyl (C=O) groups is 3. The van der Waals surface area contributed by atoms with Crippen molar-refractivity contribution in [2.24, 2.45) is 0 Å². The van der Waals surface area contributed by atoms with Crippen LogP contribution in [-0.2, 0) is 38.1 Å². The molecule has 1 aliphatic heterocycles. The molecule has 0 aliphatic carbocycles. The van der Waals surface area contributed by atoms with Gasteiger partial charge in [-0.3, -0.25) is 14.4 Å². The molecule has 1 aliphatic rings. The lowest BCUT2D eigenvalue weighted by atomic mass is 9.90. The highest BCUT2D eigenvalue weighted by atomic mass is 79.9. The van der Waals surface area contributed by atoms with Gasteiger partial charge in [0.1, 0.15) is 29.2 Å². The van der Waals surface area contributed by atoms with Crippen molar-refractivity contribution in [2.45, 2.75) is 74.6 Å². The van der Waals surface area contributed by atoms with Crippen LogP contribution in [0.2, 0.25) is 0 Å². The Bertz CT molecular complexity index is 658. The summed E-state index contributed by atoms with van der Waals surface area (Å²) in [5.74, 6) is -2.45. The lowest BCUT2D eigenvalue weighted by Gasteiger charge is -2.46. The highest BCUT2D eigenvalue weighted by Crippen LogP contribution is 2.35. The van der Waals surface area contributed by atoms with E-state index in [0.717, 1.165) is 20.8 Å². The first-order valence-electron chi connectivity index (χ1n) is 9.63. The minimum Gasteiger partial charge on any atom is -0.457 e. The fourth-order valence-corrected chi connectivity index (χ4v) is 3.78. The third-order valence-corrected chi connectivity index (χ3v) is 5.34. The molecule has 12 nitrogen and oxygen atoms in total. The Hall–Kier alpha value is -1.61. The maximum absolute atomic E-state index is 11.8. The lowest BCUT2D eigenvalue weighted by molar-refractivity contribution is -0.282. The third kappa shape index (κ3) is 7.76. The minimum absolute atomic E-state index is 0.00283. The van der Waals surface area contributed by atoms with Crippen LogP contribution in [0, 0.1) is 0 Å². The molecular weight excluding hydrogens is 500 g/mol. The topological polar surface area (TPSA) is 178 Å². The van der Waals surface area contributed by atoms with Gasteiger partial charge in [-0.05, 0) is 0 Å². The fraction of sp³-hybridized carbons (Fsp3) is 0.737. The molecule has 0 spiro atoms. The zero-order valence-corrected chi connectivity index (χ0v) is 19.4. The molecule has 1 fully saturated rings. The number of alkyl halides is 1. The summed E-state index contributed by atoms with van der Waals surface area (Å²) in [6.45, 7) is 5.82. The maximum atomic E-state index is 11.8. The Kier molecular flexibility index (Phi) is 11.7. The quantitative estimate of drug-likeness (QED) is 0.106. The molecule has 4 N–H and O–H groups in total. The molecule has 0 bridgehead atoms. The van der Waals surface area contributed by atoms with E-state index in [-0.39, 0.29) is 6.61 Å². The van der Waals surface area contributed by atoms with Gasteiger partial charge in [0, 0.05) is 20.8 Å². The molecule has 1 rings (SSSR count). The number of rotatable bonds is 11. The third-order valence-electron chi connectivity index (χ3n) is 4.39. The van der Waals surface area contributed by atoms with Crippen molar-refractivity contribution >= 4 is 33.8 Å². The number of ether oxygens (including phenoxy) is 5. The van der Waals surface area contributed by atoms with Crippen LogP contribution in [0.15, 0.2) is 12.7 Å². The normalized spacial score (nSPS) is 29.2. The van der Waals surface area contributed by atoms with Gasteiger partial charge in [0.15, 0.2) is 24.6 Å². The zero-order chi connectivity index (χ0) is 24.6. The Morgan fingerprint density at radius 2 is 1.59 bits per heavy atom. The van der Waals surface area contributed by atoms with E-state index >= 15 is 0 Å². The summed E-state index contributed by atoms with van der Waals surface area (Å²) in [7, 11) is 0. The van der Waals surface area contributed by atoms with Crippen LogP contribution >= 0.6 is 15.9 Å². The predicted molar refractivity (Wildman–Crippen MR) is 109 cm³/mol. The standard InChI is InChI=1S/C19H29BrO12/c1-5-6-28-19-12(20)15(29-8(2)22)17(31-10(4)24)18(32-19)16(30-9(3)23)14(27)13(26)11(25)7-21/h5,11-19,21,25-27H,1,6-7H2,2-4H3/t11-,12+,13-,14+,15-,16+,17+,18-,19?/m1/s1. The van der Waals surface area contributed by atoms with Gasteiger partial charge in [-0.1, -0.05) is 22.0 Å².